The number of morpholine rings is 1. The summed E-state index contributed by atoms with van der Waals surface area (Å²) in [7, 11) is 0. The third-order valence-corrected chi connectivity index (χ3v) is 3.05. The zero-order valence-corrected chi connectivity index (χ0v) is 11.7. The van der Waals surface area contributed by atoms with Crippen LogP contribution in [0.2, 0.25) is 0 Å². The van der Waals surface area contributed by atoms with E-state index < -0.39 is 39.7 Å². The average Bonchev–Trinajstić information content (AvgIpc) is 2.39. The number of halogens is 2. The molecule has 0 amide bonds. The number of benzene rings is 1. The molecule has 1 aliphatic rings. The Bertz CT molecular complexity index is 551. The van der Waals surface area contributed by atoms with E-state index in [2.05, 4.69) is 5.32 Å². The van der Waals surface area contributed by atoms with Gasteiger partial charge in [-0.1, -0.05) is 0 Å². The molecule has 1 heterocycles. The first-order valence-corrected chi connectivity index (χ1v) is 6.44. The van der Waals surface area contributed by atoms with Crippen molar-refractivity contribution in [2.45, 2.75) is 25.6 Å². The number of nitro benzene ring substituents is 1. The third kappa shape index (κ3) is 3.64. The maximum Gasteiger partial charge on any atom is 0.314 e. The Morgan fingerprint density at radius 3 is 2.86 bits per heavy atom. The first-order valence-electron chi connectivity index (χ1n) is 6.44. The van der Waals surface area contributed by atoms with Crippen LogP contribution in [0.3, 0.4) is 0 Å². The minimum absolute atomic E-state index is 0.113. The van der Waals surface area contributed by atoms with Crippen LogP contribution in [0.4, 0.5) is 14.5 Å². The fourth-order valence-corrected chi connectivity index (χ4v) is 2.14. The second-order valence-corrected chi connectivity index (χ2v) is 5.41. The first-order chi connectivity index (χ1) is 9.80. The van der Waals surface area contributed by atoms with E-state index in [9.17, 15) is 18.9 Å². The lowest BCUT2D eigenvalue weighted by atomic mass is 10.1. The van der Waals surface area contributed by atoms with E-state index >= 15 is 0 Å². The lowest BCUT2D eigenvalue weighted by molar-refractivity contribution is -0.386. The highest BCUT2D eigenvalue weighted by Crippen LogP contribution is 2.32. The maximum absolute atomic E-state index is 13.7. The SMILES string of the molecule is CC1(C)CNCC(COc2c([N+](=O)[O-])ccc(F)c2F)O1. The molecule has 2 rings (SSSR count). The summed E-state index contributed by atoms with van der Waals surface area (Å²) in [4.78, 5) is 10.0. The fourth-order valence-electron chi connectivity index (χ4n) is 2.14. The number of nitrogens with zero attached hydrogens (tertiary/aromatic N) is 1. The van der Waals surface area contributed by atoms with Gasteiger partial charge < -0.3 is 14.8 Å². The van der Waals surface area contributed by atoms with Crippen molar-refractivity contribution in [3.05, 3.63) is 33.9 Å². The molecule has 1 aromatic carbocycles. The van der Waals surface area contributed by atoms with Crippen molar-refractivity contribution in [1.29, 1.82) is 0 Å². The Morgan fingerprint density at radius 1 is 1.52 bits per heavy atom. The molecule has 1 aromatic rings. The fraction of sp³-hybridized carbons (Fsp3) is 0.538. The van der Waals surface area contributed by atoms with E-state index in [1.165, 1.54) is 0 Å². The standard InChI is InChI=1S/C13H16F2N2O4/c1-13(2)7-16-5-8(21-13)6-20-12-10(17(18)19)4-3-9(14)11(12)15/h3-4,8,16H,5-7H2,1-2H3. The number of nitro groups is 1. The van der Waals surface area contributed by atoms with E-state index in [0.717, 1.165) is 6.07 Å². The van der Waals surface area contributed by atoms with E-state index in [1.54, 1.807) is 0 Å². The number of ether oxygens (including phenoxy) is 2. The number of nitrogens with one attached hydrogen (secondary N) is 1. The molecule has 0 aliphatic carbocycles. The highest BCUT2D eigenvalue weighted by Gasteiger charge is 2.30. The number of hydrogen-bond acceptors (Lipinski definition) is 5. The predicted molar refractivity (Wildman–Crippen MR) is 70.3 cm³/mol. The van der Waals surface area contributed by atoms with Crippen LogP contribution in [0.1, 0.15) is 13.8 Å². The predicted octanol–water partition coefficient (Wildman–Crippen LogP) is 2.02. The quantitative estimate of drug-likeness (QED) is 0.680. The molecule has 0 spiro atoms. The lowest BCUT2D eigenvalue weighted by Gasteiger charge is -2.36. The van der Waals surface area contributed by atoms with Crippen LogP contribution < -0.4 is 10.1 Å². The highest BCUT2D eigenvalue weighted by atomic mass is 19.2. The van der Waals surface area contributed by atoms with Gasteiger partial charge in [-0.15, -0.1) is 0 Å². The van der Waals surface area contributed by atoms with Gasteiger partial charge in [0, 0.05) is 19.2 Å². The number of hydrogen-bond donors (Lipinski definition) is 1. The van der Waals surface area contributed by atoms with E-state index in [1.807, 2.05) is 13.8 Å². The first kappa shape index (κ1) is 15.6. The Labute approximate surface area is 120 Å². The molecular weight excluding hydrogens is 286 g/mol. The van der Waals surface area contributed by atoms with Crippen LogP contribution in [0.15, 0.2) is 12.1 Å². The molecule has 8 heteroatoms. The van der Waals surface area contributed by atoms with Crippen LogP contribution in [0.5, 0.6) is 5.75 Å². The summed E-state index contributed by atoms with van der Waals surface area (Å²) < 4.78 is 37.7. The van der Waals surface area contributed by atoms with E-state index in [-0.39, 0.29) is 6.61 Å². The van der Waals surface area contributed by atoms with Gasteiger partial charge in [-0.2, -0.15) is 4.39 Å². The molecule has 1 aliphatic heterocycles. The highest BCUT2D eigenvalue weighted by molar-refractivity contribution is 5.47. The van der Waals surface area contributed by atoms with Crippen LogP contribution in [0, 0.1) is 21.7 Å². The van der Waals surface area contributed by atoms with Gasteiger partial charge in [0.25, 0.3) is 0 Å². The molecule has 0 aromatic heterocycles. The van der Waals surface area contributed by atoms with Crippen molar-refractivity contribution >= 4 is 5.69 Å². The lowest BCUT2D eigenvalue weighted by Crippen LogP contribution is -2.52. The van der Waals surface area contributed by atoms with Crippen LogP contribution in [0.25, 0.3) is 0 Å². The summed E-state index contributed by atoms with van der Waals surface area (Å²) in [5.41, 5.74) is -1.03. The van der Waals surface area contributed by atoms with Gasteiger partial charge in [-0.3, -0.25) is 10.1 Å². The molecule has 1 fully saturated rings. The zero-order valence-electron chi connectivity index (χ0n) is 11.7. The second kappa shape index (κ2) is 5.90. The summed E-state index contributed by atoms with van der Waals surface area (Å²) in [5, 5.41) is 14.0. The molecular formula is C13H16F2N2O4. The minimum atomic E-state index is -1.37. The summed E-state index contributed by atoms with van der Waals surface area (Å²) in [6, 6.07) is 1.57. The topological polar surface area (TPSA) is 73.6 Å². The summed E-state index contributed by atoms with van der Waals surface area (Å²) in [6.45, 7) is 4.75. The monoisotopic (exact) mass is 302 g/mol. The summed E-state index contributed by atoms with van der Waals surface area (Å²) in [6.07, 6.45) is -0.406. The maximum atomic E-state index is 13.7. The Hall–Kier alpha value is -1.80. The molecule has 1 atom stereocenters. The summed E-state index contributed by atoms with van der Waals surface area (Å²) >= 11 is 0. The van der Waals surface area contributed by atoms with Crippen LogP contribution >= 0.6 is 0 Å². The van der Waals surface area contributed by atoms with E-state index in [4.69, 9.17) is 9.47 Å². The molecule has 6 nitrogen and oxygen atoms in total. The zero-order chi connectivity index (χ0) is 15.6. The van der Waals surface area contributed by atoms with Crippen molar-refractivity contribution in [3.8, 4) is 5.75 Å². The van der Waals surface area contributed by atoms with Gasteiger partial charge in [-0.05, 0) is 19.9 Å². The van der Waals surface area contributed by atoms with Gasteiger partial charge in [0.2, 0.25) is 11.6 Å². The van der Waals surface area contributed by atoms with Crippen molar-refractivity contribution in [1.82, 2.24) is 5.32 Å². The van der Waals surface area contributed by atoms with Crippen molar-refractivity contribution in [3.63, 3.8) is 0 Å². The van der Waals surface area contributed by atoms with E-state index in [0.29, 0.717) is 19.2 Å². The molecule has 0 bridgehead atoms. The van der Waals surface area contributed by atoms with Crippen LogP contribution in [-0.4, -0.2) is 36.3 Å². The molecule has 1 saturated heterocycles. The van der Waals surface area contributed by atoms with Crippen molar-refractivity contribution in [2.24, 2.45) is 0 Å². The molecule has 0 saturated carbocycles. The molecule has 1 unspecified atom stereocenters. The van der Waals surface area contributed by atoms with Gasteiger partial charge in [-0.25, -0.2) is 4.39 Å². The minimum Gasteiger partial charge on any atom is -0.482 e. The number of rotatable bonds is 4. The Kier molecular flexibility index (Phi) is 4.38. The molecule has 116 valence electrons. The van der Waals surface area contributed by atoms with Crippen LogP contribution in [-0.2, 0) is 4.74 Å². The van der Waals surface area contributed by atoms with Gasteiger partial charge in [0.05, 0.1) is 10.5 Å². The smallest absolute Gasteiger partial charge is 0.314 e. The Morgan fingerprint density at radius 2 is 2.24 bits per heavy atom. The van der Waals surface area contributed by atoms with Gasteiger partial charge >= 0.3 is 5.69 Å². The van der Waals surface area contributed by atoms with Crippen molar-refractivity contribution < 1.29 is 23.2 Å². The van der Waals surface area contributed by atoms with Crippen molar-refractivity contribution in [2.75, 3.05) is 19.7 Å². The normalized spacial score (nSPS) is 21.0. The largest absolute Gasteiger partial charge is 0.482 e. The molecule has 0 radical (unpaired) electrons. The third-order valence-electron chi connectivity index (χ3n) is 3.05. The summed E-state index contributed by atoms with van der Waals surface area (Å²) in [5.74, 6) is -3.27. The Balaban J connectivity index is 2.12. The van der Waals surface area contributed by atoms with Gasteiger partial charge in [0.1, 0.15) is 12.7 Å². The van der Waals surface area contributed by atoms with Gasteiger partial charge in [0.15, 0.2) is 5.82 Å². The molecule has 1 N–H and O–H groups in total. The average molecular weight is 302 g/mol. The molecule has 21 heavy (non-hydrogen) atoms. The second-order valence-electron chi connectivity index (χ2n) is 5.41.